The van der Waals surface area contributed by atoms with E-state index in [4.69, 9.17) is 4.52 Å². The highest BCUT2D eigenvalue weighted by Gasteiger charge is 2.34. The third-order valence-electron chi connectivity index (χ3n) is 6.99. The highest BCUT2D eigenvalue weighted by atomic mass is 35.5. The Balaban J connectivity index is 0.00000130. The fraction of sp³-hybridized carbons (Fsp3) is 0.478. The standard InChI is InChI=1S/C23H26N6O2.2ClH/c30-23-17(3-4-19-18-10-15(11-25-12-18)13-29(19)23)14-28-9-1-2-20(28)22-26-21(27-31-22)16-5-7-24-8-6-16;;/h3-8,15,18,20,25H,1-2,9-14H2;2*1H/t15-,18+,20-;;/m0../s1. The summed E-state index contributed by atoms with van der Waals surface area (Å²) in [6.45, 7) is 4.35. The Bertz CT molecular complexity index is 1150. The van der Waals surface area contributed by atoms with Crippen LogP contribution in [0.4, 0.5) is 0 Å². The van der Waals surface area contributed by atoms with Crippen LogP contribution < -0.4 is 10.9 Å². The van der Waals surface area contributed by atoms with Crippen LogP contribution in [0.25, 0.3) is 11.4 Å². The van der Waals surface area contributed by atoms with E-state index in [9.17, 15) is 4.79 Å². The molecule has 0 radical (unpaired) electrons. The fourth-order valence-corrected chi connectivity index (χ4v) is 5.46. The number of likely N-dealkylation sites (tertiary alicyclic amines) is 1. The maximum atomic E-state index is 13.3. The molecular formula is C23H28Cl2N6O2. The topological polar surface area (TPSA) is 89.1 Å². The van der Waals surface area contributed by atoms with Crippen LogP contribution in [0, 0.1) is 5.92 Å². The normalized spacial score (nSPS) is 23.9. The van der Waals surface area contributed by atoms with Crippen molar-refractivity contribution in [2.75, 3.05) is 19.6 Å². The summed E-state index contributed by atoms with van der Waals surface area (Å²) in [5.74, 6) is 2.23. The summed E-state index contributed by atoms with van der Waals surface area (Å²) in [5.41, 5.74) is 3.11. The van der Waals surface area contributed by atoms with Crippen LogP contribution in [0.5, 0.6) is 0 Å². The Morgan fingerprint density at radius 1 is 1.12 bits per heavy atom. The Morgan fingerprint density at radius 3 is 2.82 bits per heavy atom. The van der Waals surface area contributed by atoms with Gasteiger partial charge in [0, 0.05) is 54.8 Å². The molecule has 10 heteroatoms. The van der Waals surface area contributed by atoms with Gasteiger partial charge in [0.05, 0.1) is 6.04 Å². The molecule has 3 aromatic rings. The second-order valence-corrected chi connectivity index (χ2v) is 8.98. The van der Waals surface area contributed by atoms with E-state index in [0.29, 0.717) is 30.1 Å². The van der Waals surface area contributed by atoms with E-state index in [1.54, 1.807) is 12.4 Å². The number of pyridine rings is 2. The van der Waals surface area contributed by atoms with Crippen molar-refractivity contribution in [3.63, 3.8) is 0 Å². The van der Waals surface area contributed by atoms with Gasteiger partial charge in [-0.25, -0.2) is 0 Å². The van der Waals surface area contributed by atoms with E-state index < -0.39 is 0 Å². The Hall–Kier alpha value is -2.26. The molecule has 1 N–H and O–H groups in total. The molecule has 8 nitrogen and oxygen atoms in total. The summed E-state index contributed by atoms with van der Waals surface area (Å²) in [7, 11) is 0. The number of rotatable bonds is 4. The third-order valence-corrected chi connectivity index (χ3v) is 6.99. The first-order valence-corrected chi connectivity index (χ1v) is 11.2. The number of nitrogens with zero attached hydrogens (tertiary/aromatic N) is 5. The minimum atomic E-state index is 0. The second-order valence-electron chi connectivity index (χ2n) is 8.98. The van der Waals surface area contributed by atoms with Gasteiger partial charge in [-0.05, 0) is 56.5 Å². The molecule has 2 bridgehead atoms. The highest BCUT2D eigenvalue weighted by molar-refractivity contribution is 5.85. The average molecular weight is 491 g/mol. The van der Waals surface area contributed by atoms with Crippen molar-refractivity contribution >= 4 is 24.8 Å². The van der Waals surface area contributed by atoms with Gasteiger partial charge >= 0.3 is 0 Å². The molecule has 3 atom stereocenters. The number of nitrogens with one attached hydrogen (secondary N) is 1. The van der Waals surface area contributed by atoms with Gasteiger partial charge in [-0.2, -0.15) is 4.98 Å². The summed E-state index contributed by atoms with van der Waals surface area (Å²) in [4.78, 5) is 24.3. The number of fused-ring (bicyclic) bond motifs is 4. The predicted octanol–water partition coefficient (Wildman–Crippen LogP) is 3.18. The minimum Gasteiger partial charge on any atom is -0.337 e. The van der Waals surface area contributed by atoms with Crippen molar-refractivity contribution in [2.45, 2.75) is 44.3 Å². The average Bonchev–Trinajstić information content (AvgIpc) is 3.46. The third kappa shape index (κ3) is 4.45. The summed E-state index contributed by atoms with van der Waals surface area (Å²) in [5, 5.41) is 7.68. The smallest absolute Gasteiger partial charge is 0.255 e. The van der Waals surface area contributed by atoms with Gasteiger partial charge < -0.3 is 14.4 Å². The molecular weight excluding hydrogens is 463 g/mol. The van der Waals surface area contributed by atoms with Gasteiger partial charge in [-0.1, -0.05) is 11.2 Å². The number of hydrogen-bond acceptors (Lipinski definition) is 7. The lowest BCUT2D eigenvalue weighted by Crippen LogP contribution is -2.45. The van der Waals surface area contributed by atoms with Gasteiger partial charge in [-0.15, -0.1) is 24.8 Å². The maximum absolute atomic E-state index is 13.3. The van der Waals surface area contributed by atoms with Crippen molar-refractivity contribution in [1.29, 1.82) is 0 Å². The van der Waals surface area contributed by atoms with Gasteiger partial charge in [0.25, 0.3) is 5.56 Å². The Morgan fingerprint density at radius 2 is 1.97 bits per heavy atom. The van der Waals surface area contributed by atoms with Crippen molar-refractivity contribution in [1.82, 2.24) is 29.9 Å². The summed E-state index contributed by atoms with van der Waals surface area (Å²) >= 11 is 0. The number of aromatic nitrogens is 4. The van der Waals surface area contributed by atoms with Gasteiger partial charge in [-0.3, -0.25) is 14.7 Å². The monoisotopic (exact) mass is 490 g/mol. The lowest BCUT2D eigenvalue weighted by Gasteiger charge is -2.37. The first-order valence-electron chi connectivity index (χ1n) is 11.2. The van der Waals surface area contributed by atoms with Gasteiger partial charge in [0.2, 0.25) is 11.7 Å². The number of piperidine rings is 1. The highest BCUT2D eigenvalue weighted by Crippen LogP contribution is 2.34. The molecule has 3 aliphatic rings. The summed E-state index contributed by atoms with van der Waals surface area (Å²) in [6, 6.07) is 8.01. The molecule has 0 spiro atoms. The van der Waals surface area contributed by atoms with E-state index in [1.807, 2.05) is 22.8 Å². The molecule has 3 aromatic heterocycles. The zero-order valence-electron chi connectivity index (χ0n) is 18.2. The summed E-state index contributed by atoms with van der Waals surface area (Å²) < 4.78 is 7.66. The van der Waals surface area contributed by atoms with Crippen LogP contribution >= 0.6 is 24.8 Å². The Labute approximate surface area is 204 Å². The van der Waals surface area contributed by atoms with E-state index in [2.05, 4.69) is 31.4 Å². The van der Waals surface area contributed by atoms with E-state index in [0.717, 1.165) is 50.1 Å². The van der Waals surface area contributed by atoms with Crippen LogP contribution in [-0.2, 0) is 13.1 Å². The molecule has 6 rings (SSSR count). The molecule has 0 aliphatic carbocycles. The van der Waals surface area contributed by atoms with E-state index >= 15 is 0 Å². The molecule has 3 aliphatic heterocycles. The van der Waals surface area contributed by atoms with Crippen molar-refractivity contribution in [2.24, 2.45) is 5.92 Å². The molecule has 176 valence electrons. The molecule has 33 heavy (non-hydrogen) atoms. The lowest BCUT2D eigenvalue weighted by atomic mass is 9.84. The largest absolute Gasteiger partial charge is 0.337 e. The second kappa shape index (κ2) is 9.93. The van der Waals surface area contributed by atoms with E-state index in [1.165, 1.54) is 12.1 Å². The van der Waals surface area contributed by atoms with Gasteiger partial charge in [0.1, 0.15) is 0 Å². The molecule has 0 saturated carbocycles. The first-order chi connectivity index (χ1) is 15.3. The number of hydrogen-bond donors (Lipinski definition) is 1. The zero-order chi connectivity index (χ0) is 20.8. The van der Waals surface area contributed by atoms with Gasteiger partial charge in [0.15, 0.2) is 0 Å². The number of halogens is 2. The lowest BCUT2D eigenvalue weighted by molar-refractivity contribution is 0.199. The quantitative estimate of drug-likeness (QED) is 0.600. The Kier molecular flexibility index (Phi) is 7.19. The minimum absolute atomic E-state index is 0. The van der Waals surface area contributed by atoms with Crippen LogP contribution in [0.2, 0.25) is 0 Å². The summed E-state index contributed by atoms with van der Waals surface area (Å²) in [6.07, 6.45) is 6.65. The first kappa shape index (κ1) is 23.9. The SMILES string of the molecule is Cl.Cl.O=c1c(CN2CCC[C@H]2c2nc(-c3ccncc3)no2)ccc2n1C[C@@H]1CNC[C@H]2C1. The van der Waals surface area contributed by atoms with Crippen LogP contribution in [-0.4, -0.2) is 44.2 Å². The van der Waals surface area contributed by atoms with Crippen molar-refractivity contribution in [3.05, 3.63) is 64.2 Å². The van der Waals surface area contributed by atoms with E-state index in [-0.39, 0.29) is 36.4 Å². The molecule has 0 unspecified atom stereocenters. The zero-order valence-corrected chi connectivity index (χ0v) is 19.9. The van der Waals surface area contributed by atoms with Crippen LogP contribution in [0.1, 0.15) is 48.4 Å². The predicted molar refractivity (Wildman–Crippen MR) is 129 cm³/mol. The molecule has 2 saturated heterocycles. The molecule has 2 fully saturated rings. The molecule has 6 heterocycles. The van der Waals surface area contributed by atoms with Crippen molar-refractivity contribution < 1.29 is 4.52 Å². The molecule has 0 amide bonds. The van der Waals surface area contributed by atoms with Crippen LogP contribution in [0.3, 0.4) is 0 Å². The molecule has 0 aromatic carbocycles. The fourth-order valence-electron chi connectivity index (χ4n) is 5.46. The maximum Gasteiger partial charge on any atom is 0.255 e. The van der Waals surface area contributed by atoms with Crippen LogP contribution in [0.15, 0.2) is 46.0 Å². The van der Waals surface area contributed by atoms with Crippen molar-refractivity contribution in [3.8, 4) is 11.4 Å².